The van der Waals surface area contributed by atoms with Gasteiger partial charge in [0.2, 0.25) is 0 Å². The smallest absolute Gasteiger partial charge is 0.277 e. The Labute approximate surface area is 150 Å². The third kappa shape index (κ3) is 3.10. The van der Waals surface area contributed by atoms with Crippen molar-refractivity contribution in [1.29, 1.82) is 0 Å². The molecule has 0 aliphatic heterocycles. The van der Waals surface area contributed by atoms with E-state index in [9.17, 15) is 9.18 Å². The van der Waals surface area contributed by atoms with E-state index in [1.54, 1.807) is 22.9 Å². The zero-order valence-electron chi connectivity index (χ0n) is 14.5. The van der Waals surface area contributed by atoms with Gasteiger partial charge in [-0.1, -0.05) is 6.07 Å². The Kier molecular flexibility index (Phi) is 4.24. The van der Waals surface area contributed by atoms with E-state index in [0.29, 0.717) is 11.5 Å². The van der Waals surface area contributed by atoms with Gasteiger partial charge in [0.15, 0.2) is 5.69 Å². The number of carbonyl (C=O) groups excluding carboxylic acids is 1. The average Bonchev–Trinajstić information content (AvgIpc) is 3.02. The van der Waals surface area contributed by atoms with Crippen LogP contribution in [-0.4, -0.2) is 20.7 Å². The monoisotopic (exact) mass is 350 g/mol. The molecule has 3 aromatic rings. The Morgan fingerprint density at radius 1 is 1.12 bits per heavy atom. The molecule has 132 valence electrons. The van der Waals surface area contributed by atoms with E-state index in [1.807, 2.05) is 19.1 Å². The van der Waals surface area contributed by atoms with E-state index in [0.717, 1.165) is 48.3 Å². The fourth-order valence-corrected chi connectivity index (χ4v) is 3.37. The fraction of sp³-hybridized carbons (Fsp3) is 0.250. The van der Waals surface area contributed by atoms with Crippen LogP contribution in [0.5, 0.6) is 0 Å². The summed E-state index contributed by atoms with van der Waals surface area (Å²) < 4.78 is 15.0. The first kappa shape index (κ1) is 16.4. The van der Waals surface area contributed by atoms with Crippen molar-refractivity contribution in [2.24, 2.45) is 0 Å². The van der Waals surface area contributed by atoms with Crippen LogP contribution in [-0.2, 0) is 12.8 Å². The van der Waals surface area contributed by atoms with Crippen molar-refractivity contribution in [3.8, 4) is 5.69 Å². The number of carbonyl (C=O) groups is 1. The number of pyridine rings is 1. The molecule has 1 aliphatic carbocycles. The maximum absolute atomic E-state index is 13.2. The van der Waals surface area contributed by atoms with Gasteiger partial charge in [-0.2, -0.15) is 5.10 Å². The molecular weight excluding hydrogens is 331 g/mol. The van der Waals surface area contributed by atoms with Crippen LogP contribution in [0.15, 0.2) is 42.5 Å². The van der Waals surface area contributed by atoms with Gasteiger partial charge in [0.25, 0.3) is 5.91 Å². The molecule has 0 saturated heterocycles. The van der Waals surface area contributed by atoms with Gasteiger partial charge >= 0.3 is 0 Å². The molecule has 0 radical (unpaired) electrons. The van der Waals surface area contributed by atoms with Crippen LogP contribution < -0.4 is 5.32 Å². The molecule has 1 amide bonds. The number of hydrogen-bond acceptors (Lipinski definition) is 3. The van der Waals surface area contributed by atoms with Crippen molar-refractivity contribution in [2.45, 2.75) is 32.6 Å². The molecule has 0 spiro atoms. The predicted octanol–water partition coefficient (Wildman–Crippen LogP) is 3.85. The quantitative estimate of drug-likeness (QED) is 0.781. The summed E-state index contributed by atoms with van der Waals surface area (Å²) in [6, 6.07) is 11.7. The summed E-state index contributed by atoms with van der Waals surface area (Å²) in [4.78, 5) is 17.1. The highest BCUT2D eigenvalue weighted by Crippen LogP contribution is 2.27. The lowest BCUT2D eigenvalue weighted by Gasteiger charge is -2.14. The van der Waals surface area contributed by atoms with E-state index in [1.165, 1.54) is 12.1 Å². The van der Waals surface area contributed by atoms with Gasteiger partial charge < -0.3 is 5.32 Å². The normalized spacial score (nSPS) is 13.3. The van der Waals surface area contributed by atoms with Crippen molar-refractivity contribution < 1.29 is 9.18 Å². The lowest BCUT2D eigenvalue weighted by molar-refractivity contribution is 0.102. The number of aryl methyl sites for hydroxylation is 1. The molecule has 2 heterocycles. The number of halogens is 1. The Morgan fingerprint density at radius 2 is 1.88 bits per heavy atom. The van der Waals surface area contributed by atoms with Crippen molar-refractivity contribution in [1.82, 2.24) is 14.8 Å². The molecule has 0 saturated carbocycles. The highest BCUT2D eigenvalue weighted by molar-refractivity contribution is 6.03. The first-order valence-corrected chi connectivity index (χ1v) is 8.73. The number of nitrogens with one attached hydrogen (secondary N) is 1. The number of nitrogens with zero attached hydrogens (tertiary/aromatic N) is 3. The molecule has 0 unspecified atom stereocenters. The summed E-state index contributed by atoms with van der Waals surface area (Å²) in [7, 11) is 0. The SMILES string of the molecule is Cc1cccc(NC(=O)c2nn(-c3ccc(F)cc3)c3c2CCCC3)n1. The number of rotatable bonds is 3. The van der Waals surface area contributed by atoms with E-state index in [-0.39, 0.29) is 11.7 Å². The molecule has 6 heteroatoms. The predicted molar refractivity (Wildman–Crippen MR) is 97.1 cm³/mol. The van der Waals surface area contributed by atoms with Crippen molar-refractivity contribution in [2.75, 3.05) is 5.32 Å². The van der Waals surface area contributed by atoms with E-state index < -0.39 is 0 Å². The first-order valence-electron chi connectivity index (χ1n) is 8.73. The van der Waals surface area contributed by atoms with Gasteiger partial charge in [0.1, 0.15) is 11.6 Å². The molecule has 26 heavy (non-hydrogen) atoms. The summed E-state index contributed by atoms with van der Waals surface area (Å²) in [5, 5.41) is 7.40. The van der Waals surface area contributed by atoms with E-state index in [2.05, 4.69) is 15.4 Å². The van der Waals surface area contributed by atoms with Gasteiger partial charge in [-0.15, -0.1) is 0 Å². The summed E-state index contributed by atoms with van der Waals surface area (Å²) in [5.74, 6) is -0.0451. The molecule has 1 aliphatic rings. The fourth-order valence-electron chi connectivity index (χ4n) is 3.37. The van der Waals surface area contributed by atoms with E-state index >= 15 is 0 Å². The van der Waals surface area contributed by atoms with Gasteiger partial charge in [-0.3, -0.25) is 4.79 Å². The molecular formula is C20H19FN4O. The van der Waals surface area contributed by atoms with Crippen LogP contribution in [0.1, 0.15) is 40.3 Å². The maximum atomic E-state index is 13.2. The summed E-state index contributed by atoms with van der Waals surface area (Å²) >= 11 is 0. The van der Waals surface area contributed by atoms with Crippen LogP contribution >= 0.6 is 0 Å². The molecule has 2 aromatic heterocycles. The van der Waals surface area contributed by atoms with Crippen molar-refractivity contribution >= 4 is 11.7 Å². The minimum atomic E-state index is -0.293. The molecule has 5 nitrogen and oxygen atoms in total. The highest BCUT2D eigenvalue weighted by atomic mass is 19.1. The summed E-state index contributed by atoms with van der Waals surface area (Å²) in [6.07, 6.45) is 3.77. The Morgan fingerprint density at radius 3 is 2.65 bits per heavy atom. The third-order valence-electron chi connectivity index (χ3n) is 4.60. The molecule has 0 atom stereocenters. The van der Waals surface area contributed by atoms with E-state index in [4.69, 9.17) is 0 Å². The minimum absolute atomic E-state index is 0.262. The van der Waals surface area contributed by atoms with Crippen LogP contribution in [0.3, 0.4) is 0 Å². The number of amides is 1. The van der Waals surface area contributed by atoms with Crippen LogP contribution in [0.25, 0.3) is 5.69 Å². The molecule has 4 rings (SSSR count). The standard InChI is InChI=1S/C20H19FN4O/c1-13-5-4-8-18(22-13)23-20(26)19-16-6-2-3-7-17(16)25(24-19)15-11-9-14(21)10-12-15/h4-5,8-12H,2-3,6-7H2,1H3,(H,22,23,26). The van der Waals surface area contributed by atoms with Gasteiger partial charge in [-0.05, 0) is 69.0 Å². The number of fused-ring (bicyclic) bond motifs is 1. The van der Waals surface area contributed by atoms with Gasteiger partial charge in [0, 0.05) is 17.0 Å². The summed E-state index contributed by atoms with van der Waals surface area (Å²) in [6.45, 7) is 1.88. The Balaban J connectivity index is 1.72. The summed E-state index contributed by atoms with van der Waals surface area (Å²) in [5.41, 5.74) is 4.03. The first-order chi connectivity index (χ1) is 12.6. The lowest BCUT2D eigenvalue weighted by atomic mass is 9.95. The largest absolute Gasteiger partial charge is 0.305 e. The molecule has 1 aromatic carbocycles. The lowest BCUT2D eigenvalue weighted by Crippen LogP contribution is -2.16. The topological polar surface area (TPSA) is 59.8 Å². The Hall–Kier alpha value is -3.02. The van der Waals surface area contributed by atoms with Crippen LogP contribution in [0.2, 0.25) is 0 Å². The maximum Gasteiger partial charge on any atom is 0.277 e. The van der Waals surface area contributed by atoms with Gasteiger partial charge in [0.05, 0.1) is 5.69 Å². The Bertz CT molecular complexity index is 962. The molecule has 0 fully saturated rings. The number of anilines is 1. The van der Waals surface area contributed by atoms with Crippen LogP contribution in [0, 0.1) is 12.7 Å². The van der Waals surface area contributed by atoms with Crippen LogP contribution in [0.4, 0.5) is 10.2 Å². The molecule has 0 bridgehead atoms. The second-order valence-electron chi connectivity index (χ2n) is 6.49. The van der Waals surface area contributed by atoms with Gasteiger partial charge in [-0.25, -0.2) is 14.1 Å². The zero-order chi connectivity index (χ0) is 18.1. The van der Waals surface area contributed by atoms with Crippen molar-refractivity contribution in [3.05, 3.63) is 70.9 Å². The second kappa shape index (κ2) is 6.71. The molecule has 1 N–H and O–H groups in total. The number of hydrogen-bond donors (Lipinski definition) is 1. The number of aromatic nitrogens is 3. The highest BCUT2D eigenvalue weighted by Gasteiger charge is 2.25. The van der Waals surface area contributed by atoms with Crippen molar-refractivity contribution in [3.63, 3.8) is 0 Å². The minimum Gasteiger partial charge on any atom is -0.305 e. The zero-order valence-corrected chi connectivity index (χ0v) is 14.5. The number of benzene rings is 1. The second-order valence-corrected chi connectivity index (χ2v) is 6.49. The third-order valence-corrected chi connectivity index (χ3v) is 4.60. The average molecular weight is 350 g/mol.